The number of anilines is 1. The lowest BCUT2D eigenvalue weighted by molar-refractivity contribution is 0.159. The predicted molar refractivity (Wildman–Crippen MR) is 107 cm³/mol. The van der Waals surface area contributed by atoms with Crippen LogP contribution >= 0.6 is 0 Å². The van der Waals surface area contributed by atoms with Crippen molar-refractivity contribution in [2.45, 2.75) is 53.4 Å². The summed E-state index contributed by atoms with van der Waals surface area (Å²) in [6.07, 6.45) is 5.21. The Morgan fingerprint density at radius 2 is 1.67 bits per heavy atom. The van der Waals surface area contributed by atoms with Crippen LogP contribution in [0.5, 0.6) is 0 Å². The molecule has 0 saturated carbocycles. The lowest BCUT2D eigenvalue weighted by Crippen LogP contribution is -2.36. The third-order valence-corrected chi connectivity index (χ3v) is 5.71. The van der Waals surface area contributed by atoms with Gasteiger partial charge in [0.2, 0.25) is 0 Å². The lowest BCUT2D eigenvalue weighted by atomic mass is 9.86. The van der Waals surface area contributed by atoms with E-state index in [4.69, 9.17) is 0 Å². The van der Waals surface area contributed by atoms with Gasteiger partial charge in [0.05, 0.1) is 0 Å². The normalized spacial score (nSPS) is 17.0. The Kier molecular flexibility index (Phi) is 7.61. The Hall–Kier alpha value is -1.02. The summed E-state index contributed by atoms with van der Waals surface area (Å²) < 4.78 is 0. The fourth-order valence-corrected chi connectivity index (χ4v) is 3.63. The van der Waals surface area contributed by atoms with Crippen LogP contribution in [0.1, 0.15) is 52.5 Å². The third kappa shape index (κ3) is 6.12. The highest BCUT2D eigenvalue weighted by atomic mass is 15.1. The molecule has 0 radical (unpaired) electrons. The predicted octanol–water partition coefficient (Wildman–Crippen LogP) is 5.08. The molecule has 1 aliphatic rings. The molecule has 1 heterocycles. The largest absolute Gasteiger partial charge is 0.375 e. The molecule has 1 aromatic rings. The Balaban J connectivity index is 1.74. The van der Waals surface area contributed by atoms with Crippen molar-refractivity contribution in [3.63, 3.8) is 0 Å². The van der Waals surface area contributed by atoms with Crippen molar-refractivity contribution in [2.75, 3.05) is 38.1 Å². The van der Waals surface area contributed by atoms with Crippen LogP contribution in [0.2, 0.25) is 0 Å². The van der Waals surface area contributed by atoms with Crippen LogP contribution < -0.4 is 4.90 Å². The summed E-state index contributed by atoms with van der Waals surface area (Å²) in [5.74, 6) is 2.57. The number of nitrogens with zero attached hydrogens (tertiary/aromatic N) is 2. The fourth-order valence-electron chi connectivity index (χ4n) is 3.63. The summed E-state index contributed by atoms with van der Waals surface area (Å²) in [7, 11) is 2.20. The van der Waals surface area contributed by atoms with Crippen molar-refractivity contribution in [3.8, 4) is 0 Å². The van der Waals surface area contributed by atoms with Gasteiger partial charge in [0.25, 0.3) is 0 Å². The number of hydrogen-bond acceptors (Lipinski definition) is 2. The molecule has 1 saturated heterocycles. The Morgan fingerprint density at radius 3 is 2.21 bits per heavy atom. The second kappa shape index (κ2) is 9.46. The summed E-state index contributed by atoms with van der Waals surface area (Å²) >= 11 is 0. The van der Waals surface area contributed by atoms with Gasteiger partial charge in [0.1, 0.15) is 0 Å². The van der Waals surface area contributed by atoms with Gasteiger partial charge in [-0.3, -0.25) is 0 Å². The van der Waals surface area contributed by atoms with E-state index >= 15 is 0 Å². The highest BCUT2D eigenvalue weighted by Crippen LogP contribution is 2.24. The highest BCUT2D eigenvalue weighted by molar-refractivity contribution is 5.46. The molecule has 136 valence electrons. The zero-order valence-corrected chi connectivity index (χ0v) is 16.6. The molecule has 2 rings (SSSR count). The van der Waals surface area contributed by atoms with E-state index in [2.05, 4.69) is 68.8 Å². The van der Waals surface area contributed by atoms with E-state index in [1.54, 1.807) is 0 Å². The molecular weight excluding hydrogens is 292 g/mol. The molecule has 1 aromatic carbocycles. The Morgan fingerprint density at radius 1 is 1.04 bits per heavy atom. The first kappa shape index (κ1) is 19.3. The Bertz CT molecular complexity index is 455. The van der Waals surface area contributed by atoms with Gasteiger partial charge in [-0.15, -0.1) is 0 Å². The first-order valence-corrected chi connectivity index (χ1v) is 9.98. The fraction of sp³-hybridized carbons (Fsp3) is 0.727. The summed E-state index contributed by atoms with van der Waals surface area (Å²) in [5.41, 5.74) is 2.82. The third-order valence-electron chi connectivity index (χ3n) is 5.71. The van der Waals surface area contributed by atoms with Crippen molar-refractivity contribution in [2.24, 2.45) is 17.8 Å². The van der Waals surface area contributed by atoms with E-state index in [1.165, 1.54) is 56.6 Å². The number of benzene rings is 1. The maximum Gasteiger partial charge on any atom is 0.0363 e. The molecule has 24 heavy (non-hydrogen) atoms. The molecule has 2 nitrogen and oxygen atoms in total. The Labute approximate surface area is 150 Å². The van der Waals surface area contributed by atoms with Crippen LogP contribution in [0, 0.1) is 17.8 Å². The molecule has 1 fully saturated rings. The van der Waals surface area contributed by atoms with Gasteiger partial charge >= 0.3 is 0 Å². The van der Waals surface area contributed by atoms with E-state index in [0.717, 1.165) is 24.3 Å². The second-order valence-corrected chi connectivity index (χ2v) is 8.44. The average Bonchev–Trinajstić information content (AvgIpc) is 2.58. The van der Waals surface area contributed by atoms with Gasteiger partial charge in [-0.05, 0) is 74.2 Å². The van der Waals surface area contributed by atoms with Crippen molar-refractivity contribution in [1.82, 2.24) is 4.90 Å². The molecule has 0 bridgehead atoms. The van der Waals surface area contributed by atoms with E-state index in [-0.39, 0.29) is 0 Å². The van der Waals surface area contributed by atoms with Gasteiger partial charge in [0.15, 0.2) is 0 Å². The van der Waals surface area contributed by atoms with Crippen molar-refractivity contribution < 1.29 is 0 Å². The first-order chi connectivity index (χ1) is 11.5. The van der Waals surface area contributed by atoms with Crippen molar-refractivity contribution in [1.29, 1.82) is 0 Å². The number of piperidine rings is 1. The van der Waals surface area contributed by atoms with Crippen LogP contribution in [-0.2, 0) is 6.42 Å². The summed E-state index contributed by atoms with van der Waals surface area (Å²) in [6, 6.07) is 9.23. The van der Waals surface area contributed by atoms with Crippen LogP contribution in [0.25, 0.3) is 0 Å². The molecule has 0 spiro atoms. The van der Waals surface area contributed by atoms with Gasteiger partial charge in [-0.25, -0.2) is 0 Å². The zero-order chi connectivity index (χ0) is 17.5. The van der Waals surface area contributed by atoms with Crippen LogP contribution in [0.4, 0.5) is 5.69 Å². The molecular formula is C22H38N2. The smallest absolute Gasteiger partial charge is 0.0363 e. The number of hydrogen-bond donors (Lipinski definition) is 0. The maximum atomic E-state index is 2.65. The minimum absolute atomic E-state index is 0.770. The van der Waals surface area contributed by atoms with E-state index < -0.39 is 0 Å². The van der Waals surface area contributed by atoms with E-state index in [1.807, 2.05) is 0 Å². The van der Waals surface area contributed by atoms with Gasteiger partial charge in [-0.1, -0.05) is 39.8 Å². The quantitative estimate of drug-likeness (QED) is 0.656. The van der Waals surface area contributed by atoms with Crippen LogP contribution in [0.3, 0.4) is 0 Å². The standard InChI is InChI=1S/C22H38N2/c1-18(2)10-14-23(5)22-8-6-20(7-9-22)11-15-24-16-12-21(13-17-24)19(3)4/h6-9,18-19,21H,10-17H2,1-5H3. The molecule has 2 heteroatoms. The van der Waals surface area contributed by atoms with Gasteiger partial charge in [-0.2, -0.15) is 0 Å². The molecule has 0 unspecified atom stereocenters. The number of rotatable bonds is 8. The van der Waals surface area contributed by atoms with Crippen LogP contribution in [-0.4, -0.2) is 38.1 Å². The molecule has 1 aliphatic heterocycles. The van der Waals surface area contributed by atoms with Gasteiger partial charge < -0.3 is 9.80 Å². The maximum absolute atomic E-state index is 2.65. The SMILES string of the molecule is CC(C)CCN(C)c1ccc(CCN2CCC(C(C)C)CC2)cc1. The minimum Gasteiger partial charge on any atom is -0.375 e. The molecule has 0 aromatic heterocycles. The number of likely N-dealkylation sites (tertiary alicyclic amines) is 1. The summed E-state index contributed by atoms with van der Waals surface area (Å²) in [6.45, 7) is 14.3. The monoisotopic (exact) mass is 330 g/mol. The molecule has 0 aliphatic carbocycles. The van der Waals surface area contributed by atoms with Gasteiger partial charge in [0, 0.05) is 25.8 Å². The highest BCUT2D eigenvalue weighted by Gasteiger charge is 2.21. The zero-order valence-electron chi connectivity index (χ0n) is 16.6. The summed E-state index contributed by atoms with van der Waals surface area (Å²) in [5, 5.41) is 0. The van der Waals surface area contributed by atoms with Crippen molar-refractivity contribution in [3.05, 3.63) is 29.8 Å². The molecule has 0 atom stereocenters. The van der Waals surface area contributed by atoms with E-state index in [9.17, 15) is 0 Å². The second-order valence-electron chi connectivity index (χ2n) is 8.44. The molecule has 0 amide bonds. The van der Waals surface area contributed by atoms with E-state index in [0.29, 0.717) is 0 Å². The average molecular weight is 331 g/mol. The molecule has 0 N–H and O–H groups in total. The minimum atomic E-state index is 0.770. The topological polar surface area (TPSA) is 6.48 Å². The van der Waals surface area contributed by atoms with Crippen molar-refractivity contribution >= 4 is 5.69 Å². The first-order valence-electron chi connectivity index (χ1n) is 9.98. The lowest BCUT2D eigenvalue weighted by Gasteiger charge is -2.33. The van der Waals surface area contributed by atoms with Crippen LogP contribution in [0.15, 0.2) is 24.3 Å². The summed E-state index contributed by atoms with van der Waals surface area (Å²) in [4.78, 5) is 5.03.